The van der Waals surface area contributed by atoms with E-state index in [4.69, 9.17) is 11.6 Å². The van der Waals surface area contributed by atoms with Crippen molar-refractivity contribution in [3.05, 3.63) is 50.0 Å². The number of nitrogens with zero attached hydrogens (tertiary/aromatic N) is 2. The van der Waals surface area contributed by atoms with Crippen LogP contribution in [-0.4, -0.2) is 16.3 Å². The van der Waals surface area contributed by atoms with Crippen LogP contribution >= 0.6 is 43.5 Å². The van der Waals surface area contributed by atoms with Crippen LogP contribution in [0.2, 0.25) is 5.02 Å². The fraction of sp³-hybridized carbons (Fsp3) is 0. The van der Waals surface area contributed by atoms with E-state index in [2.05, 4.69) is 41.8 Å². The summed E-state index contributed by atoms with van der Waals surface area (Å²) in [5.41, 5.74) is 0.605. The Hall–Kier alpha value is -0.910. The second kappa shape index (κ2) is 5.82. The van der Waals surface area contributed by atoms with Gasteiger partial charge in [-0.15, -0.1) is 0 Å². The van der Waals surface area contributed by atoms with Crippen molar-refractivity contribution in [3.8, 4) is 5.75 Å². The molecule has 0 amide bonds. The number of halogens is 3. The van der Waals surface area contributed by atoms with Gasteiger partial charge in [0.05, 0.1) is 9.50 Å². The zero-order chi connectivity index (χ0) is 13.1. The Labute approximate surface area is 126 Å². The predicted octanol–water partition coefficient (Wildman–Crippen LogP) is 4.72. The van der Waals surface area contributed by atoms with Gasteiger partial charge in [-0.1, -0.05) is 27.5 Å². The minimum atomic E-state index is 0.159. The Morgan fingerprint density at radius 1 is 1.28 bits per heavy atom. The van der Waals surface area contributed by atoms with Crippen molar-refractivity contribution < 1.29 is 5.11 Å². The van der Waals surface area contributed by atoms with Gasteiger partial charge >= 0.3 is 0 Å². The maximum Gasteiger partial charge on any atom is 0.166 e. The molecule has 92 valence electrons. The van der Waals surface area contributed by atoms with E-state index in [1.807, 2.05) is 0 Å². The van der Waals surface area contributed by atoms with Gasteiger partial charge in [0.15, 0.2) is 5.82 Å². The van der Waals surface area contributed by atoms with Gasteiger partial charge in [0.2, 0.25) is 0 Å². The quantitative estimate of drug-likeness (QED) is 0.755. The molecule has 1 aromatic carbocycles. The third-order valence-corrected chi connectivity index (χ3v) is 3.39. The zero-order valence-corrected chi connectivity index (χ0v) is 12.9. The van der Waals surface area contributed by atoms with Gasteiger partial charge in [0.25, 0.3) is 0 Å². The van der Waals surface area contributed by atoms with E-state index >= 15 is 0 Å². The van der Waals surface area contributed by atoms with E-state index in [0.29, 0.717) is 20.9 Å². The van der Waals surface area contributed by atoms with Gasteiger partial charge in [-0.05, 0) is 40.2 Å². The maximum atomic E-state index is 9.66. The third kappa shape index (κ3) is 3.31. The highest BCUT2D eigenvalue weighted by Crippen LogP contribution is 2.26. The van der Waals surface area contributed by atoms with Crippen LogP contribution < -0.4 is 0 Å². The van der Waals surface area contributed by atoms with E-state index in [-0.39, 0.29) is 5.75 Å². The number of aliphatic imine (C=N–C) groups is 1. The molecule has 0 aliphatic rings. The van der Waals surface area contributed by atoms with E-state index in [1.165, 1.54) is 6.20 Å². The summed E-state index contributed by atoms with van der Waals surface area (Å²) in [7, 11) is 0. The highest BCUT2D eigenvalue weighted by molar-refractivity contribution is 9.10. The Kier molecular flexibility index (Phi) is 4.37. The first-order chi connectivity index (χ1) is 8.56. The second-order valence-corrected chi connectivity index (χ2v) is 5.63. The van der Waals surface area contributed by atoms with Crippen LogP contribution in [0.4, 0.5) is 5.82 Å². The first-order valence-electron chi connectivity index (χ1n) is 4.90. The smallest absolute Gasteiger partial charge is 0.166 e. The minimum Gasteiger partial charge on any atom is -0.507 e. The fourth-order valence-electron chi connectivity index (χ4n) is 1.26. The van der Waals surface area contributed by atoms with E-state index in [0.717, 1.165) is 4.47 Å². The molecule has 0 bridgehead atoms. The Balaban J connectivity index is 2.32. The summed E-state index contributed by atoms with van der Waals surface area (Å²) in [6.45, 7) is 0. The summed E-state index contributed by atoms with van der Waals surface area (Å²) < 4.78 is 1.56. The molecule has 18 heavy (non-hydrogen) atoms. The number of benzene rings is 1. The average molecular weight is 390 g/mol. The summed E-state index contributed by atoms with van der Waals surface area (Å²) in [6, 6.07) is 6.82. The second-order valence-electron chi connectivity index (χ2n) is 3.42. The minimum absolute atomic E-state index is 0.159. The lowest BCUT2D eigenvalue weighted by molar-refractivity contribution is 0.474. The lowest BCUT2D eigenvalue weighted by atomic mass is 10.2. The fourth-order valence-corrected chi connectivity index (χ4v) is 2.38. The van der Waals surface area contributed by atoms with Crippen LogP contribution in [0.15, 0.2) is 44.4 Å². The Morgan fingerprint density at radius 3 is 2.78 bits per heavy atom. The van der Waals surface area contributed by atoms with Crippen molar-refractivity contribution in [1.82, 2.24) is 4.98 Å². The first-order valence-corrected chi connectivity index (χ1v) is 6.86. The topological polar surface area (TPSA) is 45.5 Å². The summed E-state index contributed by atoms with van der Waals surface area (Å²) in [6.07, 6.45) is 3.06. The van der Waals surface area contributed by atoms with Gasteiger partial charge in [0, 0.05) is 22.4 Å². The van der Waals surface area contributed by atoms with Crippen molar-refractivity contribution in [1.29, 1.82) is 0 Å². The van der Waals surface area contributed by atoms with E-state index < -0.39 is 0 Å². The van der Waals surface area contributed by atoms with Gasteiger partial charge < -0.3 is 5.11 Å². The zero-order valence-electron chi connectivity index (χ0n) is 8.94. The highest BCUT2D eigenvalue weighted by atomic mass is 79.9. The molecule has 0 aliphatic carbocycles. The molecule has 0 radical (unpaired) electrons. The molecule has 3 nitrogen and oxygen atoms in total. The molecule has 2 rings (SSSR count). The molecule has 0 atom stereocenters. The number of phenols is 1. The number of rotatable bonds is 2. The summed E-state index contributed by atoms with van der Waals surface area (Å²) in [5, 5.41) is 10.2. The third-order valence-electron chi connectivity index (χ3n) is 2.10. The molecule has 1 N–H and O–H groups in total. The van der Waals surface area contributed by atoms with Gasteiger partial charge in [-0.2, -0.15) is 0 Å². The number of aromatic nitrogens is 1. The molecule has 1 heterocycles. The largest absolute Gasteiger partial charge is 0.507 e. The summed E-state index contributed by atoms with van der Waals surface area (Å²) in [5.74, 6) is 0.658. The van der Waals surface area contributed by atoms with Crippen LogP contribution in [0.25, 0.3) is 0 Å². The SMILES string of the molecule is Oc1ccc(Br)cc1C=Nc1ncc(Cl)cc1Br. The lowest BCUT2D eigenvalue weighted by Gasteiger charge is -2.00. The molecule has 0 aliphatic heterocycles. The van der Waals surface area contributed by atoms with Crippen LogP contribution in [0.1, 0.15) is 5.56 Å². The summed E-state index contributed by atoms with van der Waals surface area (Å²) in [4.78, 5) is 8.27. The summed E-state index contributed by atoms with van der Waals surface area (Å²) >= 11 is 12.4. The van der Waals surface area contributed by atoms with Crippen molar-refractivity contribution >= 4 is 55.5 Å². The van der Waals surface area contributed by atoms with E-state index in [1.54, 1.807) is 30.5 Å². The van der Waals surface area contributed by atoms with Crippen molar-refractivity contribution in [3.63, 3.8) is 0 Å². The molecule has 1 aromatic heterocycles. The van der Waals surface area contributed by atoms with Crippen LogP contribution in [0.3, 0.4) is 0 Å². The predicted molar refractivity (Wildman–Crippen MR) is 80.0 cm³/mol. The van der Waals surface area contributed by atoms with Gasteiger partial charge in [0.1, 0.15) is 5.75 Å². The molecule has 0 saturated carbocycles. The normalized spacial score (nSPS) is 11.1. The van der Waals surface area contributed by atoms with Crippen LogP contribution in [0.5, 0.6) is 5.75 Å². The maximum absolute atomic E-state index is 9.66. The van der Waals surface area contributed by atoms with Crippen molar-refractivity contribution in [2.75, 3.05) is 0 Å². The first kappa shape index (κ1) is 13.5. The number of hydrogen-bond donors (Lipinski definition) is 1. The van der Waals surface area contributed by atoms with Gasteiger partial charge in [-0.3, -0.25) is 0 Å². The molecule has 0 unspecified atom stereocenters. The standard InChI is InChI=1S/C12H7Br2ClN2O/c13-8-1-2-11(18)7(3-8)5-16-12-10(14)4-9(15)6-17-12/h1-6,18H. The lowest BCUT2D eigenvalue weighted by Crippen LogP contribution is -1.84. The Bertz CT molecular complexity index is 617. The van der Waals surface area contributed by atoms with Crippen molar-refractivity contribution in [2.45, 2.75) is 0 Å². The van der Waals surface area contributed by atoms with Crippen LogP contribution in [0, 0.1) is 0 Å². The molecule has 2 aromatic rings. The average Bonchev–Trinajstić information content (AvgIpc) is 2.32. The number of hydrogen-bond acceptors (Lipinski definition) is 3. The Morgan fingerprint density at radius 2 is 2.06 bits per heavy atom. The van der Waals surface area contributed by atoms with Gasteiger partial charge in [-0.25, -0.2) is 9.98 Å². The molecule has 0 spiro atoms. The number of aromatic hydroxyl groups is 1. The molecular formula is C12H7Br2ClN2O. The molecule has 6 heteroatoms. The van der Waals surface area contributed by atoms with E-state index in [9.17, 15) is 5.11 Å². The van der Waals surface area contributed by atoms with Crippen LogP contribution in [-0.2, 0) is 0 Å². The monoisotopic (exact) mass is 388 g/mol. The van der Waals surface area contributed by atoms with Crippen molar-refractivity contribution in [2.24, 2.45) is 4.99 Å². The molecule has 0 fully saturated rings. The number of pyridine rings is 1. The molecule has 0 saturated heterocycles. The molecular weight excluding hydrogens is 383 g/mol. The highest BCUT2D eigenvalue weighted by Gasteiger charge is 2.02. The number of phenolic OH excluding ortho intramolecular Hbond substituents is 1.